The average molecular weight is 354 g/mol. The summed E-state index contributed by atoms with van der Waals surface area (Å²) in [4.78, 5) is 16.8. The maximum absolute atomic E-state index is 13.3. The number of aryl methyl sites for hydroxylation is 1. The number of halogens is 1. The van der Waals surface area contributed by atoms with Crippen molar-refractivity contribution >= 4 is 11.7 Å². The lowest BCUT2D eigenvalue weighted by atomic mass is 10.1. The third-order valence-electron chi connectivity index (χ3n) is 3.90. The van der Waals surface area contributed by atoms with Crippen molar-refractivity contribution < 1.29 is 13.9 Å². The number of carbonyl (C=O) groups is 1. The van der Waals surface area contributed by atoms with E-state index in [2.05, 4.69) is 15.6 Å². The molecule has 1 atom stereocenters. The Morgan fingerprint density at radius 2 is 2.04 bits per heavy atom. The van der Waals surface area contributed by atoms with Crippen LogP contribution in [0.1, 0.15) is 17.4 Å². The number of hydrogen-bond donors (Lipinski definition) is 2. The van der Waals surface area contributed by atoms with Crippen LogP contribution in [0.2, 0.25) is 0 Å². The van der Waals surface area contributed by atoms with Gasteiger partial charge in [0.25, 0.3) is 0 Å². The summed E-state index contributed by atoms with van der Waals surface area (Å²) < 4.78 is 20.4. The highest BCUT2D eigenvalue weighted by molar-refractivity contribution is 5.89. The highest BCUT2D eigenvalue weighted by Crippen LogP contribution is 2.24. The first-order valence-corrected chi connectivity index (χ1v) is 8.01. The van der Waals surface area contributed by atoms with Crippen molar-refractivity contribution in [3.05, 3.63) is 78.1 Å². The second-order valence-electron chi connectivity index (χ2n) is 5.71. The molecule has 7 heteroatoms. The summed E-state index contributed by atoms with van der Waals surface area (Å²) in [5.74, 6) is 0.915. The second kappa shape index (κ2) is 7.69. The molecule has 1 unspecified atom stereocenters. The topological polar surface area (TPSA) is 68.2 Å². The Hall–Kier alpha value is -3.35. The number of nitrogens with one attached hydrogen (secondary N) is 2. The van der Waals surface area contributed by atoms with Gasteiger partial charge in [-0.2, -0.15) is 0 Å². The van der Waals surface area contributed by atoms with Gasteiger partial charge in [0.15, 0.2) is 0 Å². The fourth-order valence-corrected chi connectivity index (χ4v) is 2.64. The minimum Gasteiger partial charge on any atom is -0.497 e. The minimum absolute atomic E-state index is 0.367. The smallest absolute Gasteiger partial charge is 0.320 e. The molecule has 0 aliphatic rings. The Labute approximate surface area is 150 Å². The molecule has 1 heterocycles. The molecule has 3 aromatic rings. The number of anilines is 1. The molecule has 1 aromatic heterocycles. The van der Waals surface area contributed by atoms with Gasteiger partial charge < -0.3 is 19.9 Å². The maximum Gasteiger partial charge on any atom is 0.320 e. The molecule has 0 aliphatic heterocycles. The lowest BCUT2D eigenvalue weighted by Crippen LogP contribution is -2.34. The van der Waals surface area contributed by atoms with Crippen LogP contribution in [0, 0.1) is 5.82 Å². The number of amides is 2. The van der Waals surface area contributed by atoms with Gasteiger partial charge in [-0.25, -0.2) is 14.2 Å². The fraction of sp³-hybridized carbons (Fsp3) is 0.158. The van der Waals surface area contributed by atoms with Crippen molar-refractivity contribution in [2.24, 2.45) is 7.05 Å². The monoisotopic (exact) mass is 354 g/mol. The lowest BCUT2D eigenvalue weighted by Gasteiger charge is -2.20. The van der Waals surface area contributed by atoms with Crippen LogP contribution in [0.25, 0.3) is 0 Å². The molecule has 26 heavy (non-hydrogen) atoms. The van der Waals surface area contributed by atoms with Crippen LogP contribution < -0.4 is 15.4 Å². The van der Waals surface area contributed by atoms with Crippen LogP contribution in [0.4, 0.5) is 14.9 Å². The van der Waals surface area contributed by atoms with Crippen LogP contribution in [0.5, 0.6) is 5.75 Å². The molecule has 0 spiro atoms. The number of methoxy groups -OCH3 is 1. The zero-order valence-corrected chi connectivity index (χ0v) is 14.4. The lowest BCUT2D eigenvalue weighted by molar-refractivity contribution is 0.249. The fourth-order valence-electron chi connectivity index (χ4n) is 2.64. The van der Waals surface area contributed by atoms with Crippen molar-refractivity contribution in [2.75, 3.05) is 12.4 Å². The zero-order valence-electron chi connectivity index (χ0n) is 14.4. The van der Waals surface area contributed by atoms with Gasteiger partial charge in [-0.15, -0.1) is 0 Å². The van der Waals surface area contributed by atoms with E-state index in [1.54, 1.807) is 25.6 Å². The zero-order chi connectivity index (χ0) is 18.5. The predicted molar refractivity (Wildman–Crippen MR) is 96.6 cm³/mol. The average Bonchev–Trinajstić information content (AvgIpc) is 3.05. The van der Waals surface area contributed by atoms with Crippen LogP contribution in [-0.2, 0) is 7.05 Å². The Morgan fingerprint density at radius 3 is 2.73 bits per heavy atom. The van der Waals surface area contributed by atoms with Crippen molar-refractivity contribution in [1.82, 2.24) is 14.9 Å². The minimum atomic E-state index is -0.501. The van der Waals surface area contributed by atoms with Crippen molar-refractivity contribution in [2.45, 2.75) is 6.04 Å². The number of hydrogen-bond acceptors (Lipinski definition) is 3. The van der Waals surface area contributed by atoms with E-state index in [4.69, 9.17) is 4.74 Å². The van der Waals surface area contributed by atoms with Crippen LogP contribution in [0.15, 0.2) is 60.9 Å². The third-order valence-corrected chi connectivity index (χ3v) is 3.90. The molecular formula is C19H19FN4O2. The molecule has 0 aliphatic carbocycles. The van der Waals surface area contributed by atoms with Crippen LogP contribution in [0.3, 0.4) is 0 Å². The van der Waals surface area contributed by atoms with Gasteiger partial charge in [-0.05, 0) is 35.9 Å². The number of nitrogens with zero attached hydrogens (tertiary/aromatic N) is 2. The van der Waals surface area contributed by atoms with Crippen molar-refractivity contribution in [3.8, 4) is 5.75 Å². The number of rotatable bonds is 5. The van der Waals surface area contributed by atoms with E-state index < -0.39 is 17.9 Å². The third kappa shape index (κ3) is 4.00. The molecule has 2 N–H and O–H groups in total. The van der Waals surface area contributed by atoms with Gasteiger partial charge in [-0.1, -0.05) is 18.2 Å². The number of imidazole rings is 1. The van der Waals surface area contributed by atoms with E-state index in [9.17, 15) is 9.18 Å². The van der Waals surface area contributed by atoms with E-state index in [0.29, 0.717) is 17.3 Å². The molecule has 0 bridgehead atoms. The summed E-state index contributed by atoms with van der Waals surface area (Å²) in [6.45, 7) is 0. The summed E-state index contributed by atoms with van der Waals surface area (Å²) in [7, 11) is 3.43. The van der Waals surface area contributed by atoms with E-state index in [-0.39, 0.29) is 0 Å². The molecule has 6 nitrogen and oxygen atoms in total. The molecule has 134 valence electrons. The molecule has 2 amide bonds. The van der Waals surface area contributed by atoms with Crippen LogP contribution >= 0.6 is 0 Å². The molecule has 2 aromatic carbocycles. The van der Waals surface area contributed by atoms with Crippen LogP contribution in [-0.4, -0.2) is 22.7 Å². The number of benzene rings is 2. The normalized spacial score (nSPS) is 11.7. The van der Waals surface area contributed by atoms with Gasteiger partial charge in [0, 0.05) is 25.1 Å². The second-order valence-corrected chi connectivity index (χ2v) is 5.71. The Bertz CT molecular complexity index is 910. The molecule has 0 saturated heterocycles. The quantitative estimate of drug-likeness (QED) is 0.737. The summed E-state index contributed by atoms with van der Waals surface area (Å²) in [6.07, 6.45) is 3.46. The van der Waals surface area contributed by atoms with E-state index >= 15 is 0 Å². The maximum atomic E-state index is 13.3. The van der Waals surface area contributed by atoms with E-state index in [0.717, 1.165) is 5.56 Å². The highest BCUT2D eigenvalue weighted by atomic mass is 19.1. The predicted octanol–water partition coefficient (Wildman–Crippen LogP) is 3.48. The molecular weight excluding hydrogens is 335 g/mol. The molecule has 0 fully saturated rings. The largest absolute Gasteiger partial charge is 0.497 e. The first-order valence-electron chi connectivity index (χ1n) is 8.01. The van der Waals surface area contributed by atoms with Crippen molar-refractivity contribution in [1.29, 1.82) is 0 Å². The summed E-state index contributed by atoms with van der Waals surface area (Å²) in [5, 5.41) is 5.52. The number of carbonyl (C=O) groups excluding carboxylic acids is 1. The Morgan fingerprint density at radius 1 is 1.23 bits per heavy atom. The summed E-state index contributed by atoms with van der Waals surface area (Å²) >= 11 is 0. The van der Waals surface area contributed by atoms with E-state index in [1.807, 2.05) is 35.9 Å². The summed E-state index contributed by atoms with van der Waals surface area (Å²) in [5.41, 5.74) is 1.18. The Balaban J connectivity index is 1.86. The SMILES string of the molecule is COc1cccc(C(NC(=O)Nc2cccc(F)c2)c2nccn2C)c1. The molecule has 3 rings (SSSR count). The van der Waals surface area contributed by atoms with Gasteiger partial charge in [-0.3, -0.25) is 0 Å². The van der Waals surface area contributed by atoms with Gasteiger partial charge in [0.1, 0.15) is 23.4 Å². The number of urea groups is 1. The molecule has 0 radical (unpaired) electrons. The standard InChI is InChI=1S/C19H19FN4O2/c1-24-10-9-21-18(24)17(13-5-3-8-16(11-13)26-2)23-19(25)22-15-7-4-6-14(20)12-15/h3-12,17H,1-2H3,(H2,22,23,25). The number of ether oxygens (including phenoxy) is 1. The number of aromatic nitrogens is 2. The highest BCUT2D eigenvalue weighted by Gasteiger charge is 2.21. The first-order chi connectivity index (χ1) is 12.6. The summed E-state index contributed by atoms with van der Waals surface area (Å²) in [6, 6.07) is 12.1. The van der Waals surface area contributed by atoms with Gasteiger partial charge in [0.05, 0.1) is 7.11 Å². The van der Waals surface area contributed by atoms with E-state index in [1.165, 1.54) is 18.2 Å². The first kappa shape index (κ1) is 17.5. The Kier molecular flexibility index (Phi) is 5.17. The molecule has 0 saturated carbocycles. The van der Waals surface area contributed by atoms with Gasteiger partial charge >= 0.3 is 6.03 Å². The van der Waals surface area contributed by atoms with Crippen molar-refractivity contribution in [3.63, 3.8) is 0 Å². The van der Waals surface area contributed by atoms with Gasteiger partial charge in [0.2, 0.25) is 0 Å².